The molecule has 0 saturated heterocycles. The molecule has 1 aliphatic carbocycles. The fourth-order valence-corrected chi connectivity index (χ4v) is 3.22. The van der Waals surface area contributed by atoms with Crippen molar-refractivity contribution in [2.75, 3.05) is 0 Å². The molecule has 1 fully saturated rings. The van der Waals surface area contributed by atoms with E-state index in [1.54, 1.807) is 13.8 Å². The van der Waals surface area contributed by atoms with Crippen molar-refractivity contribution in [2.24, 2.45) is 0 Å². The van der Waals surface area contributed by atoms with Gasteiger partial charge in [0.25, 0.3) is 5.91 Å². The molecular weight excluding hydrogens is 308 g/mol. The van der Waals surface area contributed by atoms with Crippen molar-refractivity contribution in [2.45, 2.75) is 43.2 Å². The van der Waals surface area contributed by atoms with Gasteiger partial charge in [0, 0.05) is 11.6 Å². The number of carboxylic acids is 1. The molecular formula is C14H18N2O5S. The number of hydrogen-bond donors (Lipinski definition) is 3. The number of carbonyl (C=O) groups is 2. The third kappa shape index (κ3) is 3.45. The van der Waals surface area contributed by atoms with Gasteiger partial charge in [-0.05, 0) is 51.0 Å². The zero-order valence-electron chi connectivity index (χ0n) is 12.3. The SMILES string of the molecule is CC(C)NS(=O)(=O)c1ccc(C(=O)NC2(C(=O)O)CC2)cc1. The lowest BCUT2D eigenvalue weighted by molar-refractivity contribution is -0.140. The minimum absolute atomic E-state index is 0.0529. The van der Waals surface area contributed by atoms with Crippen molar-refractivity contribution in [1.29, 1.82) is 0 Å². The van der Waals surface area contributed by atoms with E-state index < -0.39 is 27.4 Å². The second-order valence-electron chi connectivity index (χ2n) is 5.64. The Morgan fingerprint density at radius 3 is 2.14 bits per heavy atom. The van der Waals surface area contributed by atoms with Gasteiger partial charge in [-0.2, -0.15) is 0 Å². The molecule has 0 spiro atoms. The largest absolute Gasteiger partial charge is 0.480 e. The van der Waals surface area contributed by atoms with E-state index in [0.717, 1.165) is 0 Å². The lowest BCUT2D eigenvalue weighted by Gasteiger charge is -2.13. The first-order valence-corrected chi connectivity index (χ1v) is 8.33. The molecule has 0 unspecified atom stereocenters. The van der Waals surface area contributed by atoms with Crippen LogP contribution < -0.4 is 10.0 Å². The van der Waals surface area contributed by atoms with Gasteiger partial charge in [0.05, 0.1) is 4.90 Å². The average Bonchev–Trinajstić information content (AvgIpc) is 3.18. The minimum atomic E-state index is -3.61. The highest BCUT2D eigenvalue weighted by Crippen LogP contribution is 2.35. The van der Waals surface area contributed by atoms with Crippen LogP contribution in [-0.2, 0) is 14.8 Å². The van der Waals surface area contributed by atoms with Gasteiger partial charge in [-0.1, -0.05) is 0 Å². The normalized spacial score (nSPS) is 16.3. The highest BCUT2D eigenvalue weighted by molar-refractivity contribution is 7.89. The molecule has 1 amide bonds. The number of nitrogens with one attached hydrogen (secondary N) is 2. The van der Waals surface area contributed by atoms with Gasteiger partial charge in [-0.3, -0.25) is 4.79 Å². The Morgan fingerprint density at radius 1 is 1.18 bits per heavy atom. The van der Waals surface area contributed by atoms with Crippen LogP contribution in [-0.4, -0.2) is 37.0 Å². The van der Waals surface area contributed by atoms with Crippen molar-refractivity contribution in [3.05, 3.63) is 29.8 Å². The lowest BCUT2D eigenvalue weighted by Crippen LogP contribution is -2.43. The summed E-state index contributed by atoms with van der Waals surface area (Å²) in [5.41, 5.74) is -0.947. The third-order valence-electron chi connectivity index (χ3n) is 3.33. The van der Waals surface area contributed by atoms with E-state index in [9.17, 15) is 18.0 Å². The highest BCUT2D eigenvalue weighted by Gasteiger charge is 2.51. The van der Waals surface area contributed by atoms with E-state index in [1.807, 2.05) is 0 Å². The topological polar surface area (TPSA) is 113 Å². The van der Waals surface area contributed by atoms with Gasteiger partial charge < -0.3 is 10.4 Å². The number of amides is 1. The number of sulfonamides is 1. The molecule has 22 heavy (non-hydrogen) atoms. The maximum absolute atomic E-state index is 12.0. The Balaban J connectivity index is 2.12. The maximum Gasteiger partial charge on any atom is 0.329 e. The summed E-state index contributed by atoms with van der Waals surface area (Å²) in [5, 5.41) is 11.5. The molecule has 1 aromatic rings. The van der Waals surface area contributed by atoms with E-state index in [1.165, 1.54) is 24.3 Å². The van der Waals surface area contributed by atoms with E-state index in [2.05, 4.69) is 10.0 Å². The van der Waals surface area contributed by atoms with Crippen LogP contribution in [0.25, 0.3) is 0 Å². The quantitative estimate of drug-likeness (QED) is 0.713. The number of aliphatic carboxylic acids is 1. The number of benzene rings is 1. The van der Waals surface area contributed by atoms with E-state index >= 15 is 0 Å². The van der Waals surface area contributed by atoms with Gasteiger partial charge >= 0.3 is 5.97 Å². The molecule has 120 valence electrons. The van der Waals surface area contributed by atoms with E-state index in [-0.39, 0.29) is 16.5 Å². The number of carboxylic acid groups (broad SMARTS) is 1. The van der Waals surface area contributed by atoms with Crippen molar-refractivity contribution in [1.82, 2.24) is 10.0 Å². The Labute approximate surface area is 128 Å². The van der Waals surface area contributed by atoms with Crippen molar-refractivity contribution in [3.63, 3.8) is 0 Å². The second-order valence-corrected chi connectivity index (χ2v) is 7.36. The zero-order chi connectivity index (χ0) is 16.5. The zero-order valence-corrected chi connectivity index (χ0v) is 13.1. The average molecular weight is 326 g/mol. The molecule has 0 aliphatic heterocycles. The lowest BCUT2D eigenvalue weighted by atomic mass is 10.2. The molecule has 1 aliphatic rings. The predicted octanol–water partition coefficient (Wildman–Crippen LogP) is 0.720. The Bertz CT molecular complexity index is 690. The summed E-state index contributed by atoms with van der Waals surface area (Å²) in [6, 6.07) is 5.13. The smallest absolute Gasteiger partial charge is 0.329 e. The fraction of sp³-hybridized carbons (Fsp3) is 0.429. The van der Waals surface area contributed by atoms with Crippen LogP contribution in [0.3, 0.4) is 0 Å². The van der Waals surface area contributed by atoms with Gasteiger partial charge in [0.1, 0.15) is 5.54 Å². The monoisotopic (exact) mass is 326 g/mol. The fourth-order valence-electron chi connectivity index (χ4n) is 1.97. The molecule has 0 heterocycles. The third-order valence-corrected chi connectivity index (χ3v) is 5.00. The summed E-state index contributed by atoms with van der Waals surface area (Å²) in [5.74, 6) is -1.58. The molecule has 7 nitrogen and oxygen atoms in total. The summed E-state index contributed by atoms with van der Waals surface area (Å²) in [7, 11) is -3.61. The summed E-state index contributed by atoms with van der Waals surface area (Å²) >= 11 is 0. The van der Waals surface area contributed by atoms with Gasteiger partial charge in [0.2, 0.25) is 10.0 Å². The molecule has 8 heteroatoms. The van der Waals surface area contributed by atoms with Gasteiger partial charge in [-0.15, -0.1) is 0 Å². The summed E-state index contributed by atoms with van der Waals surface area (Å²) in [6.07, 6.45) is 0.803. The van der Waals surface area contributed by atoms with Crippen LogP contribution in [0.15, 0.2) is 29.2 Å². The van der Waals surface area contributed by atoms with Crippen molar-refractivity contribution in [3.8, 4) is 0 Å². The predicted molar refractivity (Wildman–Crippen MR) is 79.0 cm³/mol. The number of rotatable bonds is 6. The summed E-state index contributed by atoms with van der Waals surface area (Å²) in [4.78, 5) is 23.1. The second kappa shape index (κ2) is 5.69. The molecule has 0 bridgehead atoms. The Kier molecular flexibility index (Phi) is 4.25. The first kappa shape index (κ1) is 16.4. The van der Waals surface area contributed by atoms with E-state index in [4.69, 9.17) is 5.11 Å². The molecule has 3 N–H and O–H groups in total. The molecule has 0 atom stereocenters. The number of hydrogen-bond acceptors (Lipinski definition) is 4. The van der Waals surface area contributed by atoms with Crippen LogP contribution in [0.2, 0.25) is 0 Å². The standard InChI is InChI=1S/C14H18N2O5S/c1-9(2)16-22(20,21)11-5-3-10(4-6-11)12(17)15-14(7-8-14)13(18)19/h3-6,9,16H,7-8H2,1-2H3,(H,15,17)(H,18,19). The summed E-state index contributed by atoms with van der Waals surface area (Å²) < 4.78 is 26.4. The maximum atomic E-state index is 12.0. The van der Waals surface area contributed by atoms with Crippen LogP contribution in [0, 0.1) is 0 Å². The van der Waals surface area contributed by atoms with Crippen molar-refractivity contribution >= 4 is 21.9 Å². The highest BCUT2D eigenvalue weighted by atomic mass is 32.2. The molecule has 1 aromatic carbocycles. The molecule has 1 saturated carbocycles. The number of carbonyl (C=O) groups excluding carboxylic acids is 1. The van der Waals surface area contributed by atoms with Crippen LogP contribution >= 0.6 is 0 Å². The van der Waals surface area contributed by atoms with Crippen LogP contribution in [0.1, 0.15) is 37.0 Å². The van der Waals surface area contributed by atoms with E-state index in [0.29, 0.717) is 12.8 Å². The minimum Gasteiger partial charge on any atom is -0.480 e. The Hall–Kier alpha value is -1.93. The van der Waals surface area contributed by atoms with Crippen LogP contribution in [0.5, 0.6) is 0 Å². The summed E-state index contributed by atoms with van der Waals surface area (Å²) in [6.45, 7) is 3.42. The first-order valence-electron chi connectivity index (χ1n) is 6.85. The van der Waals surface area contributed by atoms with Crippen molar-refractivity contribution < 1.29 is 23.1 Å². The first-order chi connectivity index (χ1) is 10.2. The van der Waals surface area contributed by atoms with Gasteiger partial charge in [-0.25, -0.2) is 17.9 Å². The van der Waals surface area contributed by atoms with Gasteiger partial charge in [0.15, 0.2) is 0 Å². The molecule has 0 aromatic heterocycles. The molecule has 0 radical (unpaired) electrons. The Morgan fingerprint density at radius 2 is 1.73 bits per heavy atom. The molecule has 2 rings (SSSR count). The van der Waals surface area contributed by atoms with Crippen LogP contribution in [0.4, 0.5) is 0 Å².